The Kier molecular flexibility index (Phi) is 5.95. The van der Waals surface area contributed by atoms with Gasteiger partial charge in [-0.3, -0.25) is 0 Å². The zero-order chi connectivity index (χ0) is 13.5. The Morgan fingerprint density at radius 1 is 1.39 bits per heavy atom. The topological polar surface area (TPSA) is 52.9 Å². The normalized spacial score (nSPS) is 12.3. The number of hydrogen-bond acceptors (Lipinski definition) is 4. The lowest BCUT2D eigenvalue weighted by atomic mass is 10.1. The maximum atomic E-state index is 9.93. The minimum absolute atomic E-state index is 0.171. The number of aliphatic hydroxyl groups excluding tert-OH is 2. The lowest BCUT2D eigenvalue weighted by molar-refractivity contribution is 0.194. The third-order valence-electron chi connectivity index (χ3n) is 2.99. The Morgan fingerprint density at radius 2 is 2.11 bits per heavy atom. The van der Waals surface area contributed by atoms with E-state index in [0.717, 1.165) is 24.3 Å². The van der Waals surface area contributed by atoms with E-state index in [1.165, 1.54) is 0 Å². The van der Waals surface area contributed by atoms with E-state index >= 15 is 0 Å². The van der Waals surface area contributed by atoms with Gasteiger partial charge in [-0.15, -0.1) is 0 Å². The molecule has 4 nitrogen and oxygen atoms in total. The molecule has 0 fully saturated rings. The molecule has 0 saturated carbocycles. The smallest absolute Gasteiger partial charge is 0.126 e. The summed E-state index contributed by atoms with van der Waals surface area (Å²) in [4.78, 5) is 2.14. The average Bonchev–Trinajstić information content (AvgIpc) is 2.38. The van der Waals surface area contributed by atoms with Crippen LogP contribution in [0.25, 0.3) is 0 Å². The number of rotatable bonds is 7. The third-order valence-corrected chi connectivity index (χ3v) is 2.99. The van der Waals surface area contributed by atoms with Gasteiger partial charge in [0.1, 0.15) is 5.75 Å². The van der Waals surface area contributed by atoms with Gasteiger partial charge < -0.3 is 19.8 Å². The van der Waals surface area contributed by atoms with Crippen molar-refractivity contribution >= 4 is 5.69 Å². The number of benzene rings is 1. The van der Waals surface area contributed by atoms with Crippen molar-refractivity contribution in [1.29, 1.82) is 0 Å². The zero-order valence-corrected chi connectivity index (χ0v) is 11.4. The minimum atomic E-state index is -0.584. The Morgan fingerprint density at radius 3 is 2.61 bits per heavy atom. The summed E-state index contributed by atoms with van der Waals surface area (Å²) in [5, 5.41) is 18.9. The van der Waals surface area contributed by atoms with Gasteiger partial charge in [0, 0.05) is 30.9 Å². The van der Waals surface area contributed by atoms with Gasteiger partial charge in [0.15, 0.2) is 0 Å². The van der Waals surface area contributed by atoms with Crippen molar-refractivity contribution in [1.82, 2.24) is 0 Å². The lowest BCUT2D eigenvalue weighted by Gasteiger charge is -2.27. The molecule has 4 heteroatoms. The van der Waals surface area contributed by atoms with E-state index < -0.39 is 6.10 Å². The van der Waals surface area contributed by atoms with Crippen molar-refractivity contribution in [3.05, 3.63) is 23.8 Å². The van der Waals surface area contributed by atoms with Crippen molar-refractivity contribution in [3.8, 4) is 5.75 Å². The molecule has 0 aromatic heterocycles. The number of anilines is 1. The fraction of sp³-hybridized carbons (Fsp3) is 0.571. The molecule has 102 valence electrons. The standard InChI is InChI=1S/C14H23NO3/c1-4-15(9-6-10-16)12-7-5-8-13(18-3)14(12)11(2)17/h5,7-8,11,16-17H,4,6,9-10H2,1-3H3/t11-/m0/s1. The Labute approximate surface area is 109 Å². The van der Waals surface area contributed by atoms with Crippen LogP contribution in [0.3, 0.4) is 0 Å². The summed E-state index contributed by atoms with van der Waals surface area (Å²) >= 11 is 0. The highest BCUT2D eigenvalue weighted by atomic mass is 16.5. The van der Waals surface area contributed by atoms with Crippen LogP contribution in [0.2, 0.25) is 0 Å². The van der Waals surface area contributed by atoms with Crippen LogP contribution in [-0.4, -0.2) is 37.0 Å². The predicted octanol–water partition coefficient (Wildman–Crippen LogP) is 1.96. The molecule has 0 bridgehead atoms. The second-order valence-corrected chi connectivity index (χ2v) is 4.23. The van der Waals surface area contributed by atoms with E-state index in [1.807, 2.05) is 18.2 Å². The second-order valence-electron chi connectivity index (χ2n) is 4.23. The average molecular weight is 253 g/mol. The summed E-state index contributed by atoms with van der Waals surface area (Å²) < 4.78 is 5.31. The molecule has 0 radical (unpaired) electrons. The third kappa shape index (κ3) is 3.37. The zero-order valence-electron chi connectivity index (χ0n) is 11.4. The first-order valence-electron chi connectivity index (χ1n) is 6.36. The van der Waals surface area contributed by atoms with E-state index in [0.29, 0.717) is 12.2 Å². The fourth-order valence-electron chi connectivity index (χ4n) is 2.12. The molecule has 0 heterocycles. The quantitative estimate of drug-likeness (QED) is 0.780. The first-order valence-corrected chi connectivity index (χ1v) is 6.36. The largest absolute Gasteiger partial charge is 0.496 e. The molecule has 0 spiro atoms. The summed E-state index contributed by atoms with van der Waals surface area (Å²) in [7, 11) is 1.61. The first-order chi connectivity index (χ1) is 8.65. The molecular weight excluding hydrogens is 230 g/mol. The van der Waals surface area contributed by atoms with Crippen molar-refractivity contribution in [2.75, 3.05) is 31.7 Å². The number of nitrogens with zero attached hydrogens (tertiary/aromatic N) is 1. The predicted molar refractivity (Wildman–Crippen MR) is 73.2 cm³/mol. The summed E-state index contributed by atoms with van der Waals surface area (Å²) in [6.45, 7) is 5.56. The number of ether oxygens (including phenoxy) is 1. The van der Waals surface area contributed by atoms with Gasteiger partial charge in [-0.25, -0.2) is 0 Å². The van der Waals surface area contributed by atoms with E-state index in [4.69, 9.17) is 9.84 Å². The van der Waals surface area contributed by atoms with E-state index in [2.05, 4.69) is 11.8 Å². The van der Waals surface area contributed by atoms with Gasteiger partial charge in [0.2, 0.25) is 0 Å². The number of methoxy groups -OCH3 is 1. The molecule has 0 amide bonds. The molecule has 0 saturated heterocycles. The molecule has 0 aliphatic heterocycles. The maximum Gasteiger partial charge on any atom is 0.126 e. The van der Waals surface area contributed by atoms with Gasteiger partial charge in [0.05, 0.1) is 13.2 Å². The van der Waals surface area contributed by atoms with Crippen LogP contribution >= 0.6 is 0 Å². The Balaban J connectivity index is 3.12. The van der Waals surface area contributed by atoms with Gasteiger partial charge >= 0.3 is 0 Å². The SMILES string of the molecule is CCN(CCCO)c1cccc(OC)c1[C@H](C)O. The molecular formula is C14H23NO3. The second kappa shape index (κ2) is 7.24. The molecule has 1 aromatic rings. The highest BCUT2D eigenvalue weighted by Gasteiger charge is 2.17. The molecule has 2 N–H and O–H groups in total. The van der Waals surface area contributed by atoms with Gasteiger partial charge in [-0.05, 0) is 32.4 Å². The maximum absolute atomic E-state index is 9.93. The number of hydrogen-bond donors (Lipinski definition) is 2. The summed E-state index contributed by atoms with van der Waals surface area (Å²) in [5.74, 6) is 0.699. The lowest BCUT2D eigenvalue weighted by Crippen LogP contribution is -2.26. The monoisotopic (exact) mass is 253 g/mol. The molecule has 0 aliphatic carbocycles. The highest BCUT2D eigenvalue weighted by Crippen LogP contribution is 2.34. The molecule has 1 rings (SSSR count). The highest BCUT2D eigenvalue weighted by molar-refractivity contribution is 5.60. The van der Waals surface area contributed by atoms with Crippen molar-refractivity contribution in [2.45, 2.75) is 26.4 Å². The van der Waals surface area contributed by atoms with Crippen molar-refractivity contribution in [2.24, 2.45) is 0 Å². The molecule has 0 aliphatic rings. The van der Waals surface area contributed by atoms with Crippen molar-refractivity contribution in [3.63, 3.8) is 0 Å². The summed E-state index contributed by atoms with van der Waals surface area (Å²) in [6, 6.07) is 5.75. The molecule has 0 unspecified atom stereocenters. The molecule has 1 aromatic carbocycles. The van der Waals surface area contributed by atoms with Gasteiger partial charge in [-0.1, -0.05) is 6.07 Å². The van der Waals surface area contributed by atoms with E-state index in [-0.39, 0.29) is 6.61 Å². The van der Waals surface area contributed by atoms with Crippen LogP contribution in [0, 0.1) is 0 Å². The van der Waals surface area contributed by atoms with Crippen molar-refractivity contribution < 1.29 is 14.9 Å². The fourth-order valence-corrected chi connectivity index (χ4v) is 2.12. The summed E-state index contributed by atoms with van der Waals surface area (Å²) in [6.07, 6.45) is 0.129. The Bertz CT molecular complexity index is 366. The van der Waals surface area contributed by atoms with E-state index in [1.54, 1.807) is 14.0 Å². The van der Waals surface area contributed by atoms with Crippen LogP contribution in [-0.2, 0) is 0 Å². The van der Waals surface area contributed by atoms with Crippen LogP contribution in [0.1, 0.15) is 31.9 Å². The van der Waals surface area contributed by atoms with Gasteiger partial charge in [0.25, 0.3) is 0 Å². The van der Waals surface area contributed by atoms with Crippen LogP contribution in [0.5, 0.6) is 5.75 Å². The van der Waals surface area contributed by atoms with Crippen LogP contribution in [0.15, 0.2) is 18.2 Å². The number of aliphatic hydroxyl groups is 2. The molecule has 18 heavy (non-hydrogen) atoms. The van der Waals surface area contributed by atoms with Gasteiger partial charge in [-0.2, -0.15) is 0 Å². The molecule has 1 atom stereocenters. The first kappa shape index (κ1) is 14.8. The minimum Gasteiger partial charge on any atom is -0.496 e. The summed E-state index contributed by atoms with van der Waals surface area (Å²) in [5.41, 5.74) is 1.78. The van der Waals surface area contributed by atoms with Crippen LogP contribution < -0.4 is 9.64 Å². The van der Waals surface area contributed by atoms with Crippen LogP contribution in [0.4, 0.5) is 5.69 Å². The van der Waals surface area contributed by atoms with E-state index in [9.17, 15) is 5.11 Å². The Hall–Kier alpha value is -1.26.